The molecule has 166 valence electrons. The van der Waals surface area contributed by atoms with Crippen LogP contribution in [0.25, 0.3) is 0 Å². The molecule has 3 nitrogen and oxygen atoms in total. The van der Waals surface area contributed by atoms with E-state index < -0.39 is 0 Å². The number of allylic oxidation sites excluding steroid dienone is 8. The molecular weight excluding hydrogens is 360 g/mol. The lowest BCUT2D eigenvalue weighted by Gasteiger charge is -2.05. The van der Waals surface area contributed by atoms with Crippen LogP contribution in [0, 0.1) is 0 Å². The van der Waals surface area contributed by atoms with E-state index in [-0.39, 0.29) is 5.97 Å². The lowest BCUT2D eigenvalue weighted by Crippen LogP contribution is -2.10. The maximum Gasteiger partial charge on any atom is 0.305 e. The molecule has 0 radical (unpaired) electrons. The van der Waals surface area contributed by atoms with Gasteiger partial charge in [-0.1, -0.05) is 81.7 Å². The number of hydrogen-bond acceptors (Lipinski definition) is 3. The van der Waals surface area contributed by atoms with Crippen LogP contribution in [0.2, 0.25) is 0 Å². The number of esters is 1. The fourth-order valence-electron chi connectivity index (χ4n) is 2.56. The van der Waals surface area contributed by atoms with Crippen molar-refractivity contribution in [3.8, 4) is 0 Å². The van der Waals surface area contributed by atoms with Crippen molar-refractivity contribution in [2.45, 2.75) is 90.9 Å². The lowest BCUT2D eigenvalue weighted by molar-refractivity contribution is -0.145. The molecule has 0 aliphatic heterocycles. The first-order valence-corrected chi connectivity index (χ1v) is 11.6. The average molecular weight is 405 g/mol. The fourth-order valence-corrected chi connectivity index (χ4v) is 2.56. The molecule has 0 aliphatic carbocycles. The molecule has 29 heavy (non-hydrogen) atoms. The molecule has 0 rings (SSSR count). The number of rotatable bonds is 20. The lowest BCUT2D eigenvalue weighted by atomic mass is 10.2. The molecule has 0 bridgehead atoms. The molecule has 0 aliphatic rings. The van der Waals surface area contributed by atoms with E-state index in [9.17, 15) is 4.79 Å². The van der Waals surface area contributed by atoms with E-state index in [2.05, 4.69) is 62.5 Å². The summed E-state index contributed by atoms with van der Waals surface area (Å²) in [5, 5.41) is 0. The quantitative estimate of drug-likeness (QED) is 0.120. The van der Waals surface area contributed by atoms with Crippen LogP contribution in [-0.4, -0.2) is 25.8 Å². The van der Waals surface area contributed by atoms with Gasteiger partial charge in [0.1, 0.15) is 6.61 Å². The summed E-state index contributed by atoms with van der Waals surface area (Å²) in [6.45, 7) is 5.99. The smallest absolute Gasteiger partial charge is 0.305 e. The van der Waals surface area contributed by atoms with Crippen molar-refractivity contribution < 1.29 is 14.3 Å². The summed E-state index contributed by atoms with van der Waals surface area (Å²) < 4.78 is 10.5. The summed E-state index contributed by atoms with van der Waals surface area (Å²) in [5.41, 5.74) is 0. The van der Waals surface area contributed by atoms with Gasteiger partial charge in [0.2, 0.25) is 0 Å². The Labute approximate surface area is 179 Å². The molecular formula is C26H44O3. The topological polar surface area (TPSA) is 35.5 Å². The molecule has 0 atom stereocenters. The van der Waals surface area contributed by atoms with Crippen LogP contribution in [0.3, 0.4) is 0 Å². The van der Waals surface area contributed by atoms with E-state index in [1.165, 1.54) is 25.7 Å². The zero-order valence-electron chi connectivity index (χ0n) is 19.0. The summed E-state index contributed by atoms with van der Waals surface area (Å²) in [7, 11) is 0. The van der Waals surface area contributed by atoms with Crippen LogP contribution in [0.15, 0.2) is 48.6 Å². The zero-order valence-corrected chi connectivity index (χ0v) is 19.0. The van der Waals surface area contributed by atoms with E-state index in [1.807, 2.05) is 0 Å². The van der Waals surface area contributed by atoms with Gasteiger partial charge in [-0.3, -0.25) is 4.79 Å². The van der Waals surface area contributed by atoms with Gasteiger partial charge in [-0.25, -0.2) is 0 Å². The Morgan fingerprint density at radius 1 is 0.621 bits per heavy atom. The standard InChI is InChI=1S/C26H44O3/c1-3-5-7-8-9-10-11-12-13-14-15-16-17-18-19-20-21-22-26(27)29-25-24-28-23-6-4-2/h9-10,12-13,15-16,18-19H,3-8,11,14,17,20-25H2,1-2H3. The Hall–Kier alpha value is -1.61. The first kappa shape index (κ1) is 27.4. The molecule has 0 fully saturated rings. The molecule has 0 aromatic heterocycles. The average Bonchev–Trinajstić information content (AvgIpc) is 2.73. The highest BCUT2D eigenvalue weighted by molar-refractivity contribution is 5.69. The van der Waals surface area contributed by atoms with Crippen molar-refractivity contribution in [3.05, 3.63) is 48.6 Å². The first-order chi connectivity index (χ1) is 14.3. The minimum absolute atomic E-state index is 0.125. The summed E-state index contributed by atoms with van der Waals surface area (Å²) in [6, 6.07) is 0. The van der Waals surface area contributed by atoms with Gasteiger partial charge in [-0.2, -0.15) is 0 Å². The van der Waals surface area contributed by atoms with Gasteiger partial charge in [0, 0.05) is 13.0 Å². The second kappa shape index (κ2) is 24.4. The van der Waals surface area contributed by atoms with E-state index in [4.69, 9.17) is 9.47 Å². The number of unbranched alkanes of at least 4 members (excludes halogenated alkanes) is 5. The number of hydrogen-bond donors (Lipinski definition) is 0. The minimum Gasteiger partial charge on any atom is -0.463 e. The van der Waals surface area contributed by atoms with Crippen molar-refractivity contribution in [3.63, 3.8) is 0 Å². The summed E-state index contributed by atoms with van der Waals surface area (Å²) in [5.74, 6) is -0.125. The molecule has 0 N–H and O–H groups in total. The normalized spacial score (nSPS) is 12.2. The van der Waals surface area contributed by atoms with Crippen LogP contribution in [0.4, 0.5) is 0 Å². The third-order valence-corrected chi connectivity index (χ3v) is 4.34. The Kier molecular flexibility index (Phi) is 23.1. The van der Waals surface area contributed by atoms with Gasteiger partial charge in [0.05, 0.1) is 6.61 Å². The SMILES string of the molecule is CCCCCC=CCC=CCC=CCC=CCCCC(=O)OCCOCCCC. The Morgan fingerprint density at radius 2 is 1.17 bits per heavy atom. The van der Waals surface area contributed by atoms with Crippen LogP contribution in [0.5, 0.6) is 0 Å². The van der Waals surface area contributed by atoms with E-state index in [1.54, 1.807) is 0 Å². The largest absolute Gasteiger partial charge is 0.463 e. The highest BCUT2D eigenvalue weighted by Gasteiger charge is 2.01. The molecule has 0 saturated heterocycles. The highest BCUT2D eigenvalue weighted by Crippen LogP contribution is 2.02. The molecule has 0 aromatic carbocycles. The van der Waals surface area contributed by atoms with Gasteiger partial charge in [0.15, 0.2) is 0 Å². The van der Waals surface area contributed by atoms with Gasteiger partial charge in [0.25, 0.3) is 0 Å². The van der Waals surface area contributed by atoms with Crippen molar-refractivity contribution in [2.75, 3.05) is 19.8 Å². The Balaban J connectivity index is 3.43. The molecule has 0 heterocycles. The predicted octanol–water partition coefficient (Wildman–Crippen LogP) is 7.49. The molecule has 3 heteroatoms. The number of ether oxygens (including phenoxy) is 2. The summed E-state index contributed by atoms with van der Waals surface area (Å²) in [6.07, 6.45) is 30.2. The molecule has 0 saturated carbocycles. The van der Waals surface area contributed by atoms with Crippen molar-refractivity contribution >= 4 is 5.97 Å². The van der Waals surface area contributed by atoms with E-state index >= 15 is 0 Å². The monoisotopic (exact) mass is 404 g/mol. The Bertz CT molecular complexity index is 461. The minimum atomic E-state index is -0.125. The van der Waals surface area contributed by atoms with Crippen LogP contribution < -0.4 is 0 Å². The highest BCUT2D eigenvalue weighted by atomic mass is 16.6. The summed E-state index contributed by atoms with van der Waals surface area (Å²) >= 11 is 0. The maximum atomic E-state index is 11.6. The van der Waals surface area contributed by atoms with Crippen LogP contribution in [0.1, 0.15) is 90.9 Å². The fraction of sp³-hybridized carbons (Fsp3) is 0.654. The van der Waals surface area contributed by atoms with Crippen LogP contribution in [-0.2, 0) is 14.3 Å². The van der Waals surface area contributed by atoms with Crippen molar-refractivity contribution in [1.29, 1.82) is 0 Å². The van der Waals surface area contributed by atoms with Gasteiger partial charge < -0.3 is 9.47 Å². The third kappa shape index (κ3) is 24.4. The first-order valence-electron chi connectivity index (χ1n) is 11.6. The van der Waals surface area contributed by atoms with Crippen LogP contribution >= 0.6 is 0 Å². The third-order valence-electron chi connectivity index (χ3n) is 4.34. The molecule has 0 spiro atoms. The molecule has 0 amide bonds. The predicted molar refractivity (Wildman–Crippen MR) is 125 cm³/mol. The maximum absolute atomic E-state index is 11.6. The second-order valence-electron chi connectivity index (χ2n) is 7.17. The second-order valence-corrected chi connectivity index (χ2v) is 7.17. The summed E-state index contributed by atoms with van der Waals surface area (Å²) in [4.78, 5) is 11.6. The van der Waals surface area contributed by atoms with E-state index in [0.717, 1.165) is 51.6 Å². The molecule has 0 unspecified atom stereocenters. The van der Waals surface area contributed by atoms with Crippen molar-refractivity contribution in [1.82, 2.24) is 0 Å². The number of carbonyl (C=O) groups is 1. The van der Waals surface area contributed by atoms with E-state index in [0.29, 0.717) is 19.6 Å². The van der Waals surface area contributed by atoms with Gasteiger partial charge >= 0.3 is 5.97 Å². The number of carbonyl (C=O) groups excluding carboxylic acids is 1. The zero-order chi connectivity index (χ0) is 21.3. The Morgan fingerprint density at radius 3 is 1.76 bits per heavy atom. The van der Waals surface area contributed by atoms with Gasteiger partial charge in [-0.05, 0) is 51.4 Å². The molecule has 0 aromatic rings. The van der Waals surface area contributed by atoms with Crippen molar-refractivity contribution in [2.24, 2.45) is 0 Å². The van der Waals surface area contributed by atoms with Gasteiger partial charge in [-0.15, -0.1) is 0 Å².